The van der Waals surface area contributed by atoms with Gasteiger partial charge in [-0.1, -0.05) is 6.58 Å². The van der Waals surface area contributed by atoms with E-state index in [1.165, 1.54) is 24.0 Å². The first-order valence-corrected chi connectivity index (χ1v) is 8.65. The molecule has 0 saturated carbocycles. The number of phenols is 1. The topological polar surface area (TPSA) is 115 Å². The van der Waals surface area contributed by atoms with Crippen LogP contribution in [0.1, 0.15) is 31.8 Å². The van der Waals surface area contributed by atoms with Crippen LogP contribution in [0.15, 0.2) is 36.9 Å². The Labute approximate surface area is 164 Å². The van der Waals surface area contributed by atoms with Crippen molar-refractivity contribution in [2.24, 2.45) is 0 Å². The zero-order valence-corrected chi connectivity index (χ0v) is 15.7. The summed E-state index contributed by atoms with van der Waals surface area (Å²) in [6.45, 7) is 5.03. The van der Waals surface area contributed by atoms with Crippen LogP contribution in [-0.4, -0.2) is 49.8 Å². The van der Waals surface area contributed by atoms with E-state index in [0.717, 1.165) is 11.0 Å². The number of carbonyl (C=O) groups excluding carboxylic acids is 3. The number of fused-ring (bicyclic) bond motifs is 2. The minimum absolute atomic E-state index is 0.0105. The maximum Gasteiger partial charge on any atom is 0.330 e. The van der Waals surface area contributed by atoms with E-state index in [1.807, 2.05) is 0 Å². The van der Waals surface area contributed by atoms with Crippen LogP contribution in [0.5, 0.6) is 5.75 Å². The number of benzene rings is 2. The third kappa shape index (κ3) is 2.92. The second-order valence-corrected chi connectivity index (χ2v) is 6.64. The van der Waals surface area contributed by atoms with Gasteiger partial charge in [0.25, 0.3) is 11.8 Å². The van der Waals surface area contributed by atoms with Gasteiger partial charge in [-0.3, -0.25) is 14.5 Å². The normalized spacial score (nSPS) is 13.1. The highest BCUT2D eigenvalue weighted by Gasteiger charge is 2.33. The number of amides is 2. The maximum absolute atomic E-state index is 12.2. The van der Waals surface area contributed by atoms with Crippen LogP contribution in [0.3, 0.4) is 0 Å². The molecule has 0 aliphatic carbocycles. The Morgan fingerprint density at radius 1 is 1.14 bits per heavy atom. The Morgan fingerprint density at radius 2 is 1.72 bits per heavy atom. The molecular weight excluding hydrogens is 376 g/mol. The fraction of sp³-hybridized carbons (Fsp3) is 0.150. The first-order valence-electron chi connectivity index (χ1n) is 8.65. The average molecular weight is 392 g/mol. The molecule has 0 atom stereocenters. The maximum atomic E-state index is 12.2. The second kappa shape index (κ2) is 6.55. The summed E-state index contributed by atoms with van der Waals surface area (Å²) in [7, 11) is 1.42. The van der Waals surface area contributed by atoms with Crippen molar-refractivity contribution in [1.82, 2.24) is 19.9 Å². The molecule has 146 valence electrons. The van der Waals surface area contributed by atoms with Crippen LogP contribution < -0.4 is 0 Å². The summed E-state index contributed by atoms with van der Waals surface area (Å²) in [6.07, 6.45) is 1.06. The minimum atomic E-state index is -0.561. The van der Waals surface area contributed by atoms with Crippen molar-refractivity contribution in [3.8, 4) is 11.4 Å². The fourth-order valence-electron chi connectivity index (χ4n) is 3.16. The number of hydrogen-bond acceptors (Lipinski definition) is 7. The van der Waals surface area contributed by atoms with Crippen molar-refractivity contribution < 1.29 is 24.2 Å². The third-order valence-corrected chi connectivity index (χ3v) is 4.69. The van der Waals surface area contributed by atoms with Gasteiger partial charge in [0.15, 0.2) is 0 Å². The molecule has 2 aromatic carbocycles. The molecule has 0 bridgehead atoms. The predicted molar refractivity (Wildman–Crippen MR) is 102 cm³/mol. The molecule has 4 rings (SSSR count). The van der Waals surface area contributed by atoms with Gasteiger partial charge in [-0.2, -0.15) is 0 Å². The highest BCUT2D eigenvalue weighted by molar-refractivity contribution is 6.22. The molecule has 0 radical (unpaired) electrons. The van der Waals surface area contributed by atoms with Gasteiger partial charge in [0, 0.05) is 13.1 Å². The Bertz CT molecular complexity index is 1170. The molecule has 1 aliphatic heterocycles. The number of esters is 1. The van der Waals surface area contributed by atoms with Crippen molar-refractivity contribution in [3.63, 3.8) is 0 Å². The number of nitrogens with zero attached hydrogens (tertiary/aromatic N) is 4. The van der Waals surface area contributed by atoms with Crippen LogP contribution in [0.4, 0.5) is 0 Å². The van der Waals surface area contributed by atoms with E-state index >= 15 is 0 Å². The van der Waals surface area contributed by atoms with E-state index in [0.29, 0.717) is 22.2 Å². The molecule has 9 heteroatoms. The second-order valence-electron chi connectivity index (χ2n) is 6.64. The number of ether oxygens (including phenoxy) is 1. The summed E-state index contributed by atoms with van der Waals surface area (Å²) in [6, 6.07) is 6.30. The zero-order valence-electron chi connectivity index (χ0n) is 15.7. The number of phenolic OH excluding ortho intramolecular Hbond substituents is 1. The van der Waals surface area contributed by atoms with E-state index < -0.39 is 17.8 Å². The Hall–Kier alpha value is -4.01. The summed E-state index contributed by atoms with van der Waals surface area (Å²) in [5.74, 6) is -1.39. The van der Waals surface area contributed by atoms with Crippen LogP contribution in [0, 0.1) is 6.92 Å². The highest BCUT2D eigenvalue weighted by Crippen LogP contribution is 2.30. The van der Waals surface area contributed by atoms with Crippen molar-refractivity contribution in [3.05, 3.63) is 59.2 Å². The number of aromatic nitrogens is 3. The smallest absolute Gasteiger partial charge is 0.330 e. The lowest BCUT2D eigenvalue weighted by Gasteiger charge is -2.10. The molecule has 1 aromatic heterocycles. The summed E-state index contributed by atoms with van der Waals surface area (Å²) >= 11 is 0. The number of aromatic hydroxyl groups is 1. The van der Waals surface area contributed by atoms with E-state index in [9.17, 15) is 19.5 Å². The summed E-state index contributed by atoms with van der Waals surface area (Å²) < 4.78 is 5.04. The number of hydrogen-bond donors (Lipinski definition) is 1. The third-order valence-electron chi connectivity index (χ3n) is 4.69. The average Bonchev–Trinajstić information content (AvgIpc) is 3.21. The lowest BCUT2D eigenvalue weighted by atomic mass is 10.1. The number of imide groups is 1. The monoisotopic (exact) mass is 392 g/mol. The van der Waals surface area contributed by atoms with Gasteiger partial charge in [-0.15, -0.1) is 15.0 Å². The number of carbonyl (C=O) groups is 3. The molecule has 2 amide bonds. The van der Waals surface area contributed by atoms with Crippen molar-refractivity contribution >= 4 is 28.8 Å². The van der Waals surface area contributed by atoms with Crippen molar-refractivity contribution in [2.75, 3.05) is 7.05 Å². The van der Waals surface area contributed by atoms with Crippen LogP contribution >= 0.6 is 0 Å². The molecule has 0 spiro atoms. The standard InChI is InChI=1S/C20H16N4O5/c1-4-17(25)29-9-11-5-10(2)18(26)16(6-11)24-21-14-7-12-13(8-15(14)22-24)20(28)23(3)19(12)27/h4-8,26H,1,9H2,2-3H3. The SMILES string of the molecule is C=CC(=O)OCc1cc(C)c(O)c(-n2nc3cc4c(cc3n2)C(=O)N(C)C4=O)c1. The quantitative estimate of drug-likeness (QED) is 0.410. The molecule has 0 saturated heterocycles. The van der Waals surface area contributed by atoms with E-state index in [1.54, 1.807) is 19.1 Å². The zero-order chi connectivity index (χ0) is 20.9. The Morgan fingerprint density at radius 3 is 2.28 bits per heavy atom. The van der Waals surface area contributed by atoms with Gasteiger partial charge in [0.05, 0.1) is 11.1 Å². The first kappa shape index (κ1) is 18.4. The summed E-state index contributed by atoms with van der Waals surface area (Å²) in [4.78, 5) is 37.9. The molecule has 1 N–H and O–H groups in total. The van der Waals surface area contributed by atoms with Gasteiger partial charge >= 0.3 is 5.97 Å². The Balaban J connectivity index is 1.78. The fourth-order valence-corrected chi connectivity index (χ4v) is 3.16. The first-order chi connectivity index (χ1) is 13.8. The lowest BCUT2D eigenvalue weighted by molar-refractivity contribution is -0.138. The van der Waals surface area contributed by atoms with Gasteiger partial charge in [0.2, 0.25) is 0 Å². The van der Waals surface area contributed by atoms with Crippen LogP contribution in [0.2, 0.25) is 0 Å². The van der Waals surface area contributed by atoms with Crippen molar-refractivity contribution in [1.29, 1.82) is 0 Å². The molecule has 3 aromatic rings. The van der Waals surface area contributed by atoms with Gasteiger partial charge in [-0.25, -0.2) is 4.79 Å². The molecule has 2 heterocycles. The van der Waals surface area contributed by atoms with E-state index in [4.69, 9.17) is 4.74 Å². The van der Waals surface area contributed by atoms with E-state index in [-0.39, 0.29) is 29.2 Å². The van der Waals surface area contributed by atoms with Gasteiger partial charge in [-0.05, 0) is 42.3 Å². The van der Waals surface area contributed by atoms with Crippen molar-refractivity contribution in [2.45, 2.75) is 13.5 Å². The lowest BCUT2D eigenvalue weighted by Crippen LogP contribution is -2.24. The largest absolute Gasteiger partial charge is 0.505 e. The Kier molecular flexibility index (Phi) is 4.15. The molecule has 1 aliphatic rings. The van der Waals surface area contributed by atoms with Gasteiger partial charge in [0.1, 0.15) is 29.1 Å². The highest BCUT2D eigenvalue weighted by atomic mass is 16.5. The van der Waals surface area contributed by atoms with Crippen LogP contribution in [-0.2, 0) is 16.1 Å². The molecule has 0 fully saturated rings. The van der Waals surface area contributed by atoms with Gasteiger partial charge < -0.3 is 9.84 Å². The molecular formula is C20H16N4O5. The number of rotatable bonds is 4. The predicted octanol–water partition coefficient (Wildman–Crippen LogP) is 1.89. The molecule has 9 nitrogen and oxygen atoms in total. The number of aryl methyl sites for hydroxylation is 1. The summed E-state index contributed by atoms with van der Waals surface area (Å²) in [5.41, 5.74) is 2.79. The minimum Gasteiger partial charge on any atom is -0.505 e. The molecule has 0 unspecified atom stereocenters. The summed E-state index contributed by atoms with van der Waals surface area (Å²) in [5, 5.41) is 19.1. The van der Waals surface area contributed by atoms with Crippen LogP contribution in [0.25, 0.3) is 16.7 Å². The van der Waals surface area contributed by atoms with E-state index in [2.05, 4.69) is 16.8 Å². The molecule has 29 heavy (non-hydrogen) atoms.